The molecular weight excluding hydrogens is 373 g/mol. The molecule has 3 nitrogen and oxygen atoms in total. The molecule has 0 aromatic heterocycles. The summed E-state index contributed by atoms with van der Waals surface area (Å²) in [6.45, 7) is 2.46. The molecule has 144 valence electrons. The number of rotatable bonds is 8. The number of halogens is 1. The van der Waals surface area contributed by atoms with Crippen LogP contribution < -0.4 is 10.1 Å². The standard InChI is InChI=1S/C23H22FNO2S/c1-17(18-7-11-20(24)12-8-18)25-23(26)19-9-13-21(14-10-19)27-15-16-28-22-5-3-2-4-6-22/h2-14,17H,15-16H2,1H3,(H,25,26)/t17-/m1/s1. The summed E-state index contributed by atoms with van der Waals surface area (Å²) in [6.07, 6.45) is 0. The Bertz CT molecular complexity index is 883. The smallest absolute Gasteiger partial charge is 0.251 e. The normalized spacial score (nSPS) is 11.6. The van der Waals surface area contributed by atoms with Gasteiger partial charge in [0.15, 0.2) is 0 Å². The number of benzene rings is 3. The van der Waals surface area contributed by atoms with Gasteiger partial charge in [-0.15, -0.1) is 11.8 Å². The van der Waals surface area contributed by atoms with Crippen LogP contribution in [0.4, 0.5) is 4.39 Å². The predicted molar refractivity (Wildman–Crippen MR) is 111 cm³/mol. The minimum absolute atomic E-state index is 0.178. The fraction of sp³-hybridized carbons (Fsp3) is 0.174. The second-order valence-electron chi connectivity index (χ2n) is 6.28. The summed E-state index contributed by atoms with van der Waals surface area (Å²) in [5.41, 5.74) is 1.41. The third-order valence-electron chi connectivity index (χ3n) is 4.20. The number of amides is 1. The maximum absolute atomic E-state index is 13.0. The van der Waals surface area contributed by atoms with Crippen molar-refractivity contribution >= 4 is 17.7 Å². The van der Waals surface area contributed by atoms with E-state index in [1.807, 2.05) is 25.1 Å². The first-order chi connectivity index (χ1) is 13.6. The molecule has 0 aliphatic rings. The molecular formula is C23H22FNO2S. The van der Waals surface area contributed by atoms with E-state index in [2.05, 4.69) is 17.4 Å². The summed E-state index contributed by atoms with van der Waals surface area (Å²) in [6, 6.07) is 23.2. The molecule has 0 bridgehead atoms. The second-order valence-corrected chi connectivity index (χ2v) is 7.45. The van der Waals surface area contributed by atoms with Gasteiger partial charge in [-0.3, -0.25) is 4.79 Å². The summed E-state index contributed by atoms with van der Waals surface area (Å²) in [5, 5.41) is 2.92. The molecule has 0 aliphatic carbocycles. The Morgan fingerprint density at radius 1 is 1.00 bits per heavy atom. The first-order valence-corrected chi connectivity index (χ1v) is 10.1. The van der Waals surface area contributed by atoms with Crippen molar-refractivity contribution < 1.29 is 13.9 Å². The van der Waals surface area contributed by atoms with Crippen LogP contribution in [-0.4, -0.2) is 18.3 Å². The van der Waals surface area contributed by atoms with E-state index < -0.39 is 0 Å². The third-order valence-corrected chi connectivity index (χ3v) is 5.17. The average molecular weight is 395 g/mol. The maximum atomic E-state index is 13.0. The Morgan fingerprint density at radius 2 is 1.68 bits per heavy atom. The van der Waals surface area contributed by atoms with Crippen LogP contribution in [0.5, 0.6) is 5.75 Å². The lowest BCUT2D eigenvalue weighted by molar-refractivity contribution is 0.0940. The van der Waals surface area contributed by atoms with Crippen LogP contribution >= 0.6 is 11.8 Å². The van der Waals surface area contributed by atoms with E-state index in [-0.39, 0.29) is 17.8 Å². The minimum Gasteiger partial charge on any atom is -0.493 e. The van der Waals surface area contributed by atoms with E-state index in [1.54, 1.807) is 48.2 Å². The van der Waals surface area contributed by atoms with Crippen LogP contribution in [0.25, 0.3) is 0 Å². The lowest BCUT2D eigenvalue weighted by Gasteiger charge is -2.14. The number of ether oxygens (including phenoxy) is 1. The monoisotopic (exact) mass is 395 g/mol. The number of carbonyl (C=O) groups excluding carboxylic acids is 1. The van der Waals surface area contributed by atoms with E-state index in [0.29, 0.717) is 12.2 Å². The van der Waals surface area contributed by atoms with Gasteiger partial charge in [0, 0.05) is 16.2 Å². The molecule has 1 amide bonds. The molecule has 0 unspecified atom stereocenters. The van der Waals surface area contributed by atoms with Crippen molar-refractivity contribution in [3.63, 3.8) is 0 Å². The summed E-state index contributed by atoms with van der Waals surface area (Å²) in [7, 11) is 0. The molecule has 5 heteroatoms. The molecule has 1 atom stereocenters. The van der Waals surface area contributed by atoms with Gasteiger partial charge >= 0.3 is 0 Å². The van der Waals surface area contributed by atoms with Crippen LogP contribution in [-0.2, 0) is 0 Å². The molecule has 0 fully saturated rings. The molecule has 1 N–H and O–H groups in total. The zero-order valence-corrected chi connectivity index (χ0v) is 16.4. The maximum Gasteiger partial charge on any atom is 0.251 e. The largest absolute Gasteiger partial charge is 0.493 e. The van der Waals surface area contributed by atoms with Crippen molar-refractivity contribution in [1.29, 1.82) is 0 Å². The van der Waals surface area contributed by atoms with Gasteiger partial charge in [-0.25, -0.2) is 4.39 Å². The Kier molecular flexibility index (Phi) is 7.09. The fourth-order valence-electron chi connectivity index (χ4n) is 2.65. The highest BCUT2D eigenvalue weighted by molar-refractivity contribution is 7.99. The molecule has 0 aliphatic heterocycles. The lowest BCUT2D eigenvalue weighted by Crippen LogP contribution is -2.26. The zero-order valence-electron chi connectivity index (χ0n) is 15.6. The average Bonchev–Trinajstić information content (AvgIpc) is 2.73. The van der Waals surface area contributed by atoms with Gasteiger partial charge in [-0.1, -0.05) is 30.3 Å². The highest BCUT2D eigenvalue weighted by Gasteiger charge is 2.11. The Hall–Kier alpha value is -2.79. The summed E-state index contributed by atoms with van der Waals surface area (Å²) < 4.78 is 18.7. The predicted octanol–water partition coefficient (Wildman–Crippen LogP) is 5.49. The van der Waals surface area contributed by atoms with E-state index in [0.717, 1.165) is 17.1 Å². The van der Waals surface area contributed by atoms with Gasteiger partial charge in [0.1, 0.15) is 11.6 Å². The number of hydrogen-bond acceptors (Lipinski definition) is 3. The molecule has 0 spiro atoms. The van der Waals surface area contributed by atoms with Gasteiger partial charge in [-0.2, -0.15) is 0 Å². The van der Waals surface area contributed by atoms with Crippen molar-refractivity contribution in [2.75, 3.05) is 12.4 Å². The molecule has 3 aromatic rings. The number of hydrogen-bond donors (Lipinski definition) is 1. The van der Waals surface area contributed by atoms with Crippen molar-refractivity contribution in [2.24, 2.45) is 0 Å². The Morgan fingerprint density at radius 3 is 2.36 bits per heavy atom. The summed E-state index contributed by atoms with van der Waals surface area (Å²) in [4.78, 5) is 13.6. The molecule has 0 saturated heterocycles. The van der Waals surface area contributed by atoms with Crippen molar-refractivity contribution in [1.82, 2.24) is 5.32 Å². The van der Waals surface area contributed by atoms with Crippen molar-refractivity contribution in [3.05, 3.63) is 95.8 Å². The van der Waals surface area contributed by atoms with Gasteiger partial charge in [0.2, 0.25) is 0 Å². The number of thioether (sulfide) groups is 1. The van der Waals surface area contributed by atoms with E-state index in [4.69, 9.17) is 4.74 Å². The third kappa shape index (κ3) is 5.86. The van der Waals surface area contributed by atoms with Crippen LogP contribution in [0, 0.1) is 5.82 Å². The highest BCUT2D eigenvalue weighted by Crippen LogP contribution is 2.19. The van der Waals surface area contributed by atoms with E-state index >= 15 is 0 Å². The topological polar surface area (TPSA) is 38.3 Å². The number of nitrogens with one attached hydrogen (secondary N) is 1. The molecule has 3 rings (SSSR count). The highest BCUT2D eigenvalue weighted by atomic mass is 32.2. The first kappa shape index (κ1) is 20.0. The van der Waals surface area contributed by atoms with Gasteiger partial charge in [0.05, 0.1) is 12.6 Å². The van der Waals surface area contributed by atoms with Crippen molar-refractivity contribution in [3.8, 4) is 5.75 Å². The van der Waals surface area contributed by atoms with Crippen LogP contribution in [0.1, 0.15) is 28.9 Å². The quantitative estimate of drug-likeness (QED) is 0.405. The second kappa shape index (κ2) is 9.95. The van der Waals surface area contributed by atoms with Crippen LogP contribution in [0.2, 0.25) is 0 Å². The number of carbonyl (C=O) groups is 1. The van der Waals surface area contributed by atoms with Crippen molar-refractivity contribution in [2.45, 2.75) is 17.9 Å². The summed E-state index contributed by atoms with van der Waals surface area (Å²) >= 11 is 1.74. The molecule has 0 radical (unpaired) electrons. The SMILES string of the molecule is C[C@@H](NC(=O)c1ccc(OCCSc2ccccc2)cc1)c1ccc(F)cc1. The molecule has 3 aromatic carbocycles. The Balaban J connectivity index is 1.46. The molecule has 0 saturated carbocycles. The lowest BCUT2D eigenvalue weighted by atomic mass is 10.1. The van der Waals surface area contributed by atoms with Crippen LogP contribution in [0.3, 0.4) is 0 Å². The van der Waals surface area contributed by atoms with Gasteiger partial charge in [0.25, 0.3) is 5.91 Å². The first-order valence-electron chi connectivity index (χ1n) is 9.09. The van der Waals surface area contributed by atoms with E-state index in [1.165, 1.54) is 17.0 Å². The van der Waals surface area contributed by atoms with Gasteiger partial charge in [-0.05, 0) is 61.0 Å². The molecule has 28 heavy (non-hydrogen) atoms. The van der Waals surface area contributed by atoms with Crippen LogP contribution in [0.15, 0.2) is 83.8 Å². The zero-order chi connectivity index (χ0) is 19.8. The van der Waals surface area contributed by atoms with E-state index in [9.17, 15) is 9.18 Å². The van der Waals surface area contributed by atoms with Gasteiger partial charge < -0.3 is 10.1 Å². The molecule has 0 heterocycles. The fourth-order valence-corrected chi connectivity index (χ4v) is 3.41. The minimum atomic E-state index is -0.292. The Labute approximate surface area is 168 Å². The summed E-state index contributed by atoms with van der Waals surface area (Å²) in [5.74, 6) is 1.11.